The Bertz CT molecular complexity index is 453. The fraction of sp³-hybridized carbons (Fsp3) is 0.167. The van der Waals surface area contributed by atoms with Crippen LogP contribution in [0.5, 0.6) is 5.75 Å². The molecule has 0 aromatic heterocycles. The molecule has 66 valence electrons. The Balaban J connectivity index is 2.89. The van der Waals surface area contributed by atoms with Gasteiger partial charge in [-0.1, -0.05) is 18.2 Å². The van der Waals surface area contributed by atoms with Gasteiger partial charge in [0.1, 0.15) is 5.75 Å². The minimum atomic E-state index is 0.334. The smallest absolute Gasteiger partial charge is 0.116 e. The highest BCUT2D eigenvalue weighted by Crippen LogP contribution is 2.24. The number of aryl methyl sites for hydroxylation is 2. The lowest BCUT2D eigenvalue weighted by Crippen LogP contribution is -1.82. The van der Waals surface area contributed by atoms with Gasteiger partial charge in [-0.2, -0.15) is 0 Å². The van der Waals surface area contributed by atoms with Gasteiger partial charge in [0, 0.05) is 0 Å². The van der Waals surface area contributed by atoms with Gasteiger partial charge in [0.25, 0.3) is 0 Å². The first-order chi connectivity index (χ1) is 6.18. The molecule has 0 aliphatic carbocycles. The fourth-order valence-corrected chi connectivity index (χ4v) is 1.57. The van der Waals surface area contributed by atoms with Crippen molar-refractivity contribution in [3.8, 4) is 5.75 Å². The number of phenolic OH excluding ortho intramolecular Hbond substituents is 1. The van der Waals surface area contributed by atoms with Crippen LogP contribution in [-0.4, -0.2) is 5.11 Å². The molecule has 0 bridgehead atoms. The monoisotopic (exact) mass is 172 g/mol. The summed E-state index contributed by atoms with van der Waals surface area (Å²) in [6.45, 7) is 4.16. The van der Waals surface area contributed by atoms with Crippen molar-refractivity contribution >= 4 is 10.8 Å². The van der Waals surface area contributed by atoms with Crippen molar-refractivity contribution < 1.29 is 5.11 Å². The number of hydrogen-bond donors (Lipinski definition) is 1. The average Bonchev–Trinajstić information content (AvgIpc) is 2.12. The van der Waals surface area contributed by atoms with Crippen LogP contribution in [0, 0.1) is 13.8 Å². The van der Waals surface area contributed by atoms with Gasteiger partial charge in [-0.05, 0) is 47.9 Å². The normalized spacial score (nSPS) is 10.6. The number of fused-ring (bicyclic) bond motifs is 1. The van der Waals surface area contributed by atoms with Crippen LogP contribution in [0.25, 0.3) is 10.8 Å². The van der Waals surface area contributed by atoms with Gasteiger partial charge in [-0.15, -0.1) is 0 Å². The van der Waals surface area contributed by atoms with Gasteiger partial charge >= 0.3 is 0 Å². The minimum Gasteiger partial charge on any atom is -0.508 e. The van der Waals surface area contributed by atoms with Gasteiger partial charge in [-0.3, -0.25) is 0 Å². The Kier molecular flexibility index (Phi) is 1.73. The topological polar surface area (TPSA) is 20.2 Å². The van der Waals surface area contributed by atoms with Crippen molar-refractivity contribution in [1.82, 2.24) is 0 Å². The van der Waals surface area contributed by atoms with Crippen LogP contribution in [-0.2, 0) is 0 Å². The SMILES string of the molecule is Cc1ccc2ccc(O)cc2c1C. The van der Waals surface area contributed by atoms with Crippen molar-refractivity contribution in [3.05, 3.63) is 41.5 Å². The quantitative estimate of drug-likeness (QED) is 0.647. The molecule has 0 fully saturated rings. The molecule has 13 heavy (non-hydrogen) atoms. The first-order valence-corrected chi connectivity index (χ1v) is 4.37. The van der Waals surface area contributed by atoms with Gasteiger partial charge < -0.3 is 5.11 Å². The Labute approximate surface area is 77.6 Å². The lowest BCUT2D eigenvalue weighted by molar-refractivity contribution is 0.476. The summed E-state index contributed by atoms with van der Waals surface area (Å²) in [7, 11) is 0. The van der Waals surface area contributed by atoms with E-state index in [-0.39, 0.29) is 0 Å². The maximum absolute atomic E-state index is 9.35. The molecular weight excluding hydrogens is 160 g/mol. The molecule has 1 heteroatoms. The minimum absolute atomic E-state index is 0.334. The number of aromatic hydroxyl groups is 1. The van der Waals surface area contributed by atoms with Crippen LogP contribution in [0.4, 0.5) is 0 Å². The van der Waals surface area contributed by atoms with Gasteiger partial charge in [-0.25, -0.2) is 0 Å². The number of phenols is 1. The van der Waals surface area contributed by atoms with E-state index >= 15 is 0 Å². The van der Waals surface area contributed by atoms with E-state index in [0.717, 1.165) is 5.39 Å². The maximum Gasteiger partial charge on any atom is 0.116 e. The van der Waals surface area contributed by atoms with Crippen LogP contribution in [0.3, 0.4) is 0 Å². The van der Waals surface area contributed by atoms with E-state index in [1.54, 1.807) is 6.07 Å². The molecule has 2 aromatic rings. The molecule has 0 spiro atoms. The highest BCUT2D eigenvalue weighted by Gasteiger charge is 2.00. The van der Waals surface area contributed by atoms with E-state index in [9.17, 15) is 5.11 Å². The van der Waals surface area contributed by atoms with E-state index < -0.39 is 0 Å². The highest BCUT2D eigenvalue weighted by atomic mass is 16.3. The van der Waals surface area contributed by atoms with Crippen LogP contribution < -0.4 is 0 Å². The predicted molar refractivity (Wildman–Crippen MR) is 55.1 cm³/mol. The zero-order valence-electron chi connectivity index (χ0n) is 7.83. The second-order valence-corrected chi connectivity index (χ2v) is 3.41. The third-order valence-electron chi connectivity index (χ3n) is 2.55. The number of hydrogen-bond acceptors (Lipinski definition) is 1. The molecule has 0 amide bonds. The molecule has 0 heterocycles. The second kappa shape index (κ2) is 2.77. The summed E-state index contributed by atoms with van der Waals surface area (Å²) < 4.78 is 0. The first kappa shape index (κ1) is 8.11. The summed E-state index contributed by atoms with van der Waals surface area (Å²) >= 11 is 0. The molecule has 1 nitrogen and oxygen atoms in total. The third kappa shape index (κ3) is 1.26. The maximum atomic E-state index is 9.35. The van der Waals surface area contributed by atoms with E-state index in [4.69, 9.17) is 0 Å². The fourth-order valence-electron chi connectivity index (χ4n) is 1.57. The molecule has 0 aliphatic heterocycles. The van der Waals surface area contributed by atoms with Gasteiger partial charge in [0.2, 0.25) is 0 Å². The van der Waals surface area contributed by atoms with Crippen molar-refractivity contribution in [3.63, 3.8) is 0 Å². The van der Waals surface area contributed by atoms with Crippen molar-refractivity contribution in [1.29, 1.82) is 0 Å². The molecular formula is C12H12O. The number of benzene rings is 2. The largest absolute Gasteiger partial charge is 0.508 e. The lowest BCUT2D eigenvalue weighted by Gasteiger charge is -2.05. The summed E-state index contributed by atoms with van der Waals surface area (Å²) in [5.74, 6) is 0.334. The predicted octanol–water partition coefficient (Wildman–Crippen LogP) is 3.16. The Morgan fingerprint density at radius 1 is 1.00 bits per heavy atom. The molecule has 0 radical (unpaired) electrons. The average molecular weight is 172 g/mol. The Morgan fingerprint density at radius 3 is 2.46 bits per heavy atom. The van der Waals surface area contributed by atoms with Crippen LogP contribution in [0.2, 0.25) is 0 Å². The molecule has 0 unspecified atom stereocenters. The zero-order valence-corrected chi connectivity index (χ0v) is 7.83. The van der Waals surface area contributed by atoms with Gasteiger partial charge in [0.05, 0.1) is 0 Å². The van der Waals surface area contributed by atoms with E-state index in [0.29, 0.717) is 5.75 Å². The molecule has 0 atom stereocenters. The molecule has 1 N–H and O–H groups in total. The van der Waals surface area contributed by atoms with Crippen LogP contribution in [0.1, 0.15) is 11.1 Å². The molecule has 0 saturated carbocycles. The summed E-state index contributed by atoms with van der Waals surface area (Å²) in [5.41, 5.74) is 2.51. The second-order valence-electron chi connectivity index (χ2n) is 3.41. The van der Waals surface area contributed by atoms with Crippen LogP contribution >= 0.6 is 0 Å². The molecule has 0 aliphatic rings. The Morgan fingerprint density at radius 2 is 1.69 bits per heavy atom. The molecule has 2 rings (SSSR count). The molecule has 0 saturated heterocycles. The van der Waals surface area contributed by atoms with Gasteiger partial charge in [0.15, 0.2) is 0 Å². The van der Waals surface area contributed by atoms with E-state index in [1.807, 2.05) is 12.1 Å². The standard InChI is InChI=1S/C12H12O/c1-8-3-4-10-5-6-11(13)7-12(10)9(8)2/h3-7,13H,1-2H3. The summed E-state index contributed by atoms with van der Waals surface area (Å²) in [4.78, 5) is 0. The highest BCUT2D eigenvalue weighted by molar-refractivity contribution is 5.87. The van der Waals surface area contributed by atoms with Crippen molar-refractivity contribution in [2.75, 3.05) is 0 Å². The summed E-state index contributed by atoms with van der Waals surface area (Å²) in [5, 5.41) is 11.7. The number of rotatable bonds is 0. The summed E-state index contributed by atoms with van der Waals surface area (Å²) in [6, 6.07) is 9.66. The van der Waals surface area contributed by atoms with Crippen LogP contribution in [0.15, 0.2) is 30.3 Å². The van der Waals surface area contributed by atoms with E-state index in [2.05, 4.69) is 26.0 Å². The van der Waals surface area contributed by atoms with Crippen molar-refractivity contribution in [2.24, 2.45) is 0 Å². The third-order valence-corrected chi connectivity index (χ3v) is 2.55. The summed E-state index contributed by atoms with van der Waals surface area (Å²) in [6.07, 6.45) is 0. The molecule has 2 aromatic carbocycles. The van der Waals surface area contributed by atoms with E-state index in [1.165, 1.54) is 16.5 Å². The lowest BCUT2D eigenvalue weighted by atomic mass is 10.0. The Hall–Kier alpha value is -1.50. The first-order valence-electron chi connectivity index (χ1n) is 4.37. The van der Waals surface area contributed by atoms with Crippen molar-refractivity contribution in [2.45, 2.75) is 13.8 Å². The zero-order chi connectivity index (χ0) is 9.42.